The van der Waals surface area contributed by atoms with Crippen LogP contribution in [-0.2, 0) is 4.79 Å². The summed E-state index contributed by atoms with van der Waals surface area (Å²) < 4.78 is 0. The molecule has 0 aromatic heterocycles. The molecule has 0 aliphatic heterocycles. The minimum atomic E-state index is -0.664. The van der Waals surface area contributed by atoms with E-state index in [-0.39, 0.29) is 17.9 Å². The van der Waals surface area contributed by atoms with Crippen LogP contribution in [-0.4, -0.2) is 18.1 Å². The zero-order chi connectivity index (χ0) is 13.4. The van der Waals surface area contributed by atoms with Crippen LogP contribution >= 0.6 is 0 Å². The molecule has 0 spiro atoms. The summed E-state index contributed by atoms with van der Waals surface area (Å²) in [5.41, 5.74) is 5.04. The highest BCUT2D eigenvalue weighted by molar-refractivity contribution is 5.73. The van der Waals surface area contributed by atoms with Gasteiger partial charge in [-0.05, 0) is 56.8 Å². The van der Waals surface area contributed by atoms with E-state index in [1.165, 1.54) is 22.3 Å². The molecule has 0 bridgehead atoms. The molecule has 3 atom stereocenters. The van der Waals surface area contributed by atoms with Crippen LogP contribution in [0.4, 0.5) is 0 Å². The highest BCUT2D eigenvalue weighted by Crippen LogP contribution is 2.48. The molecule has 98 valence electrons. The molecule has 1 aliphatic carbocycles. The Morgan fingerprint density at radius 2 is 1.89 bits per heavy atom. The normalized spacial score (nSPS) is 23.8. The molecule has 0 heterocycles. The fourth-order valence-corrected chi connectivity index (χ4v) is 3.12. The van der Waals surface area contributed by atoms with Gasteiger partial charge in [-0.15, -0.1) is 0 Å². The maximum Gasteiger partial charge on any atom is 0.306 e. The Balaban J connectivity index is 2.32. The third-order valence-electron chi connectivity index (χ3n) is 3.95. The summed E-state index contributed by atoms with van der Waals surface area (Å²) in [6, 6.07) is 4.50. The number of hydrogen-bond acceptors (Lipinski definition) is 2. The van der Waals surface area contributed by atoms with Crippen molar-refractivity contribution >= 4 is 5.97 Å². The molecule has 18 heavy (non-hydrogen) atoms. The molecule has 2 rings (SSSR count). The monoisotopic (exact) mass is 247 g/mol. The van der Waals surface area contributed by atoms with Gasteiger partial charge in [0.05, 0.1) is 5.92 Å². The van der Waals surface area contributed by atoms with E-state index < -0.39 is 5.97 Å². The van der Waals surface area contributed by atoms with Gasteiger partial charge >= 0.3 is 5.97 Å². The predicted octanol–water partition coefficient (Wildman–Crippen LogP) is 2.59. The van der Waals surface area contributed by atoms with Crippen LogP contribution in [0.5, 0.6) is 0 Å². The maximum atomic E-state index is 11.0. The van der Waals surface area contributed by atoms with Crippen LogP contribution in [0.15, 0.2) is 12.1 Å². The molecule has 2 N–H and O–H groups in total. The number of rotatable bonds is 4. The third kappa shape index (κ3) is 2.27. The van der Waals surface area contributed by atoms with Gasteiger partial charge in [0, 0.05) is 6.04 Å². The minimum Gasteiger partial charge on any atom is -0.481 e. The number of carbonyl (C=O) groups is 1. The van der Waals surface area contributed by atoms with E-state index >= 15 is 0 Å². The van der Waals surface area contributed by atoms with E-state index in [1.54, 1.807) is 0 Å². The van der Waals surface area contributed by atoms with Crippen molar-refractivity contribution in [3.8, 4) is 0 Å². The fourth-order valence-electron chi connectivity index (χ4n) is 3.12. The number of carboxylic acid groups (broad SMARTS) is 1. The summed E-state index contributed by atoms with van der Waals surface area (Å²) in [7, 11) is 1.92. The quantitative estimate of drug-likeness (QED) is 0.859. The van der Waals surface area contributed by atoms with Crippen LogP contribution in [0.25, 0.3) is 0 Å². The Bertz CT molecular complexity index is 458. The van der Waals surface area contributed by atoms with Gasteiger partial charge in [0.1, 0.15) is 0 Å². The molecule has 1 aliphatic rings. The van der Waals surface area contributed by atoms with Crippen molar-refractivity contribution in [1.29, 1.82) is 0 Å². The van der Waals surface area contributed by atoms with Crippen molar-refractivity contribution in [2.45, 2.75) is 33.2 Å². The van der Waals surface area contributed by atoms with E-state index in [0.29, 0.717) is 0 Å². The number of nitrogens with one attached hydrogen (secondary N) is 1. The lowest BCUT2D eigenvalue weighted by Gasteiger charge is -2.22. The first-order valence-corrected chi connectivity index (χ1v) is 6.43. The number of carboxylic acids is 1. The molecule has 1 saturated carbocycles. The lowest BCUT2D eigenvalue weighted by molar-refractivity contribution is -0.138. The molecule has 0 saturated heterocycles. The van der Waals surface area contributed by atoms with E-state index in [2.05, 4.69) is 38.2 Å². The fraction of sp³-hybridized carbons (Fsp3) is 0.533. The van der Waals surface area contributed by atoms with Gasteiger partial charge in [-0.3, -0.25) is 4.79 Å². The highest BCUT2D eigenvalue weighted by atomic mass is 16.4. The van der Waals surface area contributed by atoms with Gasteiger partial charge in [0.2, 0.25) is 0 Å². The van der Waals surface area contributed by atoms with Gasteiger partial charge < -0.3 is 10.4 Å². The number of aliphatic carboxylic acids is 1. The molecule has 3 nitrogen and oxygen atoms in total. The minimum absolute atomic E-state index is 0.159. The van der Waals surface area contributed by atoms with E-state index in [4.69, 9.17) is 5.11 Å². The second-order valence-corrected chi connectivity index (χ2v) is 5.42. The van der Waals surface area contributed by atoms with Crippen LogP contribution in [0, 0.1) is 32.6 Å². The number of hydrogen-bond donors (Lipinski definition) is 2. The van der Waals surface area contributed by atoms with Crippen LogP contribution in [0.2, 0.25) is 0 Å². The summed E-state index contributed by atoms with van der Waals surface area (Å²) in [5.74, 6) is -0.613. The van der Waals surface area contributed by atoms with Crippen molar-refractivity contribution < 1.29 is 9.90 Å². The molecule has 3 heteroatoms. The summed E-state index contributed by atoms with van der Waals surface area (Å²) in [4.78, 5) is 11.0. The highest BCUT2D eigenvalue weighted by Gasteiger charge is 2.48. The Hall–Kier alpha value is -1.35. The van der Waals surface area contributed by atoms with E-state index in [1.807, 2.05) is 7.05 Å². The smallest absolute Gasteiger partial charge is 0.306 e. The Labute approximate surface area is 108 Å². The van der Waals surface area contributed by atoms with Crippen molar-refractivity contribution in [2.75, 3.05) is 7.05 Å². The number of aryl methyl sites for hydroxylation is 3. The summed E-state index contributed by atoms with van der Waals surface area (Å²) in [6.07, 6.45) is 0.785. The summed E-state index contributed by atoms with van der Waals surface area (Å²) in [6.45, 7) is 6.31. The molecule has 1 aromatic carbocycles. The topological polar surface area (TPSA) is 49.3 Å². The van der Waals surface area contributed by atoms with Gasteiger partial charge in [0.25, 0.3) is 0 Å². The van der Waals surface area contributed by atoms with Crippen molar-refractivity contribution in [2.24, 2.45) is 11.8 Å². The molecular formula is C15H21NO2. The van der Waals surface area contributed by atoms with Gasteiger partial charge in [-0.1, -0.05) is 17.7 Å². The first-order chi connectivity index (χ1) is 8.45. The van der Waals surface area contributed by atoms with E-state index in [0.717, 1.165) is 6.42 Å². The SMILES string of the molecule is CNC(c1c(C)cc(C)cc1C)C1CC1C(=O)O. The second-order valence-electron chi connectivity index (χ2n) is 5.42. The van der Waals surface area contributed by atoms with E-state index in [9.17, 15) is 4.79 Å². The summed E-state index contributed by atoms with van der Waals surface area (Å²) >= 11 is 0. The average molecular weight is 247 g/mol. The maximum absolute atomic E-state index is 11.0. The molecule has 0 radical (unpaired) electrons. The lowest BCUT2D eigenvalue weighted by Crippen LogP contribution is -2.22. The van der Waals surface area contributed by atoms with Crippen molar-refractivity contribution in [3.05, 3.63) is 34.4 Å². The molecule has 1 aromatic rings. The zero-order valence-corrected chi connectivity index (χ0v) is 11.4. The molecular weight excluding hydrogens is 226 g/mol. The van der Waals surface area contributed by atoms with Crippen LogP contribution in [0.1, 0.15) is 34.7 Å². The Kier molecular flexibility index (Phi) is 3.44. The molecule has 3 unspecified atom stereocenters. The molecule has 1 fully saturated rings. The van der Waals surface area contributed by atoms with Crippen LogP contribution in [0.3, 0.4) is 0 Å². The first-order valence-electron chi connectivity index (χ1n) is 6.43. The largest absolute Gasteiger partial charge is 0.481 e. The zero-order valence-electron chi connectivity index (χ0n) is 11.4. The first kappa shape index (κ1) is 13.1. The standard InChI is InChI=1S/C15H21NO2/c1-8-5-9(2)13(10(3)6-8)14(16-4)11-7-12(11)15(17)18/h5-6,11-12,14,16H,7H2,1-4H3,(H,17,18). The van der Waals surface area contributed by atoms with Gasteiger partial charge in [-0.25, -0.2) is 0 Å². The van der Waals surface area contributed by atoms with Gasteiger partial charge in [0.15, 0.2) is 0 Å². The lowest BCUT2D eigenvalue weighted by atomic mass is 9.91. The third-order valence-corrected chi connectivity index (χ3v) is 3.95. The van der Waals surface area contributed by atoms with Crippen molar-refractivity contribution in [3.63, 3.8) is 0 Å². The Morgan fingerprint density at radius 3 is 2.28 bits per heavy atom. The number of benzene rings is 1. The van der Waals surface area contributed by atoms with Crippen molar-refractivity contribution in [1.82, 2.24) is 5.32 Å². The average Bonchev–Trinajstić information content (AvgIpc) is 3.02. The second kappa shape index (κ2) is 4.73. The Morgan fingerprint density at radius 1 is 1.33 bits per heavy atom. The van der Waals surface area contributed by atoms with Crippen LogP contribution < -0.4 is 5.32 Å². The van der Waals surface area contributed by atoms with Gasteiger partial charge in [-0.2, -0.15) is 0 Å². The molecule has 0 amide bonds. The predicted molar refractivity (Wildman–Crippen MR) is 71.7 cm³/mol. The summed E-state index contributed by atoms with van der Waals surface area (Å²) in [5, 5.41) is 12.4.